The molecule has 10 heavy (non-hydrogen) atoms. The van der Waals surface area contributed by atoms with E-state index >= 15 is 0 Å². The molecule has 0 aromatic carbocycles. The van der Waals surface area contributed by atoms with Gasteiger partial charge in [0.2, 0.25) is 0 Å². The minimum absolute atomic E-state index is 0.997. The van der Waals surface area contributed by atoms with Crippen LogP contribution >= 0.6 is 0 Å². The largest absolute Gasteiger partial charge is 0.337 e. The molecular weight excluding hydrogens is 124 g/mol. The van der Waals surface area contributed by atoms with Crippen molar-refractivity contribution < 1.29 is 0 Å². The number of rotatable bonds is 2. The molecule has 0 N–H and O–H groups in total. The van der Waals surface area contributed by atoms with Crippen LogP contribution in [-0.4, -0.2) is 37.0 Å². The molecule has 0 rings (SSSR count). The fourth-order valence-electron chi connectivity index (χ4n) is 0.552. The normalized spacial score (nSPS) is 8.00. The zero-order chi connectivity index (χ0) is 7.98. The van der Waals surface area contributed by atoms with Gasteiger partial charge in [-0.1, -0.05) is 0 Å². The zero-order valence-corrected chi connectivity index (χ0v) is 7.31. The van der Waals surface area contributed by atoms with Gasteiger partial charge in [0.25, 0.3) is 0 Å². The van der Waals surface area contributed by atoms with Gasteiger partial charge in [-0.15, -0.1) is 0 Å². The molecule has 0 atom stereocenters. The molecule has 0 aliphatic rings. The molecule has 0 spiro atoms. The van der Waals surface area contributed by atoms with Gasteiger partial charge in [-0.05, 0) is 13.8 Å². The molecule has 0 aliphatic carbocycles. The first-order valence-electron chi connectivity index (χ1n) is 3.64. The Balaban J connectivity index is 3.74. The van der Waals surface area contributed by atoms with Crippen LogP contribution in [-0.2, 0) is 0 Å². The highest BCUT2D eigenvalue weighted by molar-refractivity contribution is 4.95. The smallest absolute Gasteiger partial charge is 0.0306 e. The van der Waals surface area contributed by atoms with Gasteiger partial charge in [-0.25, -0.2) is 0 Å². The van der Waals surface area contributed by atoms with Crippen LogP contribution in [0.5, 0.6) is 0 Å². The predicted molar refractivity (Wildman–Crippen MR) is 44.4 cm³/mol. The highest BCUT2D eigenvalue weighted by atomic mass is 15.1. The molecular formula is C8H16N2. The molecule has 0 bridgehead atoms. The Bertz CT molecular complexity index is 126. The van der Waals surface area contributed by atoms with Crippen molar-refractivity contribution in [3.63, 3.8) is 0 Å². The lowest BCUT2D eigenvalue weighted by atomic mass is 10.5. The summed E-state index contributed by atoms with van der Waals surface area (Å²) < 4.78 is 0. The van der Waals surface area contributed by atoms with Crippen LogP contribution in [0, 0.1) is 12.1 Å². The molecule has 0 radical (unpaired) electrons. The van der Waals surface area contributed by atoms with Gasteiger partial charge in [0.15, 0.2) is 0 Å². The minimum atomic E-state index is 0.997. The summed E-state index contributed by atoms with van der Waals surface area (Å²) in [6.45, 7) is 6.20. The van der Waals surface area contributed by atoms with E-state index in [9.17, 15) is 0 Å². The van der Waals surface area contributed by atoms with Crippen molar-refractivity contribution in [3.8, 4) is 12.1 Å². The fourth-order valence-corrected chi connectivity index (χ4v) is 0.552. The second kappa shape index (κ2) is 4.99. The number of nitrogens with zero attached hydrogens (tertiary/aromatic N) is 2. The van der Waals surface area contributed by atoms with Gasteiger partial charge in [-0.3, -0.25) is 0 Å². The Morgan fingerprint density at radius 1 is 1.00 bits per heavy atom. The van der Waals surface area contributed by atoms with Crippen LogP contribution in [0.3, 0.4) is 0 Å². The molecule has 58 valence electrons. The lowest BCUT2D eigenvalue weighted by Crippen LogP contribution is -2.17. The SMILES string of the molecule is CCN(C#CN(C)C)CC. The first-order chi connectivity index (χ1) is 4.70. The van der Waals surface area contributed by atoms with Crippen LogP contribution in [0.4, 0.5) is 0 Å². The molecule has 2 nitrogen and oxygen atoms in total. The average molecular weight is 140 g/mol. The summed E-state index contributed by atoms with van der Waals surface area (Å²) in [5, 5.41) is 0. The van der Waals surface area contributed by atoms with Crippen molar-refractivity contribution in [3.05, 3.63) is 0 Å². The summed E-state index contributed by atoms with van der Waals surface area (Å²) in [4.78, 5) is 3.93. The second-order valence-corrected chi connectivity index (χ2v) is 2.29. The summed E-state index contributed by atoms with van der Waals surface area (Å²) >= 11 is 0. The van der Waals surface area contributed by atoms with E-state index in [0.717, 1.165) is 13.1 Å². The van der Waals surface area contributed by atoms with Gasteiger partial charge in [0, 0.05) is 39.3 Å². The summed E-state index contributed by atoms with van der Waals surface area (Å²) in [7, 11) is 3.88. The van der Waals surface area contributed by atoms with Gasteiger partial charge < -0.3 is 9.80 Å². The third kappa shape index (κ3) is 4.08. The number of hydrogen-bond acceptors (Lipinski definition) is 2. The molecule has 0 aromatic heterocycles. The Labute approximate surface area is 63.8 Å². The average Bonchev–Trinajstić information content (AvgIpc) is 1.90. The first kappa shape index (κ1) is 9.16. The third-order valence-electron chi connectivity index (χ3n) is 1.20. The van der Waals surface area contributed by atoms with Crippen molar-refractivity contribution in [2.45, 2.75) is 13.8 Å². The van der Waals surface area contributed by atoms with Crippen molar-refractivity contribution >= 4 is 0 Å². The van der Waals surface area contributed by atoms with E-state index in [2.05, 4.69) is 30.8 Å². The molecule has 2 heteroatoms. The van der Waals surface area contributed by atoms with Crippen molar-refractivity contribution in [1.82, 2.24) is 9.80 Å². The van der Waals surface area contributed by atoms with E-state index < -0.39 is 0 Å². The number of hydrogen-bond donors (Lipinski definition) is 0. The van der Waals surface area contributed by atoms with Gasteiger partial charge in [-0.2, -0.15) is 0 Å². The summed E-state index contributed by atoms with van der Waals surface area (Å²) in [6.07, 6.45) is 0. The molecule has 0 fully saturated rings. The monoisotopic (exact) mass is 140 g/mol. The first-order valence-corrected chi connectivity index (χ1v) is 3.64. The highest BCUT2D eigenvalue weighted by Gasteiger charge is 1.87. The molecule has 0 saturated carbocycles. The van der Waals surface area contributed by atoms with E-state index in [1.54, 1.807) is 0 Å². The quantitative estimate of drug-likeness (QED) is 0.413. The maximum Gasteiger partial charge on any atom is 0.0306 e. The predicted octanol–water partition coefficient (Wildman–Crippen LogP) is 0.808. The van der Waals surface area contributed by atoms with Crippen LogP contribution in [0.15, 0.2) is 0 Å². The van der Waals surface area contributed by atoms with Crippen LogP contribution in [0.1, 0.15) is 13.8 Å². The molecule has 0 heterocycles. The lowest BCUT2D eigenvalue weighted by Gasteiger charge is -2.11. The second-order valence-electron chi connectivity index (χ2n) is 2.29. The van der Waals surface area contributed by atoms with Gasteiger partial charge in [0.05, 0.1) is 0 Å². The molecule has 0 aromatic rings. The summed E-state index contributed by atoms with van der Waals surface area (Å²) in [6, 6.07) is 5.98. The van der Waals surface area contributed by atoms with Crippen molar-refractivity contribution in [1.29, 1.82) is 0 Å². The zero-order valence-electron chi connectivity index (χ0n) is 7.31. The topological polar surface area (TPSA) is 6.48 Å². The fraction of sp³-hybridized carbons (Fsp3) is 0.750. The van der Waals surface area contributed by atoms with E-state index in [4.69, 9.17) is 0 Å². The van der Waals surface area contributed by atoms with Crippen LogP contribution in [0.2, 0.25) is 0 Å². The Morgan fingerprint density at radius 2 is 1.50 bits per heavy atom. The summed E-state index contributed by atoms with van der Waals surface area (Å²) in [5.74, 6) is 0. The lowest BCUT2D eigenvalue weighted by molar-refractivity contribution is 0.439. The van der Waals surface area contributed by atoms with Gasteiger partial charge in [0.1, 0.15) is 0 Å². The van der Waals surface area contributed by atoms with E-state index in [1.807, 2.05) is 19.0 Å². The summed E-state index contributed by atoms with van der Waals surface area (Å²) in [5.41, 5.74) is 0. The molecule has 0 amide bonds. The van der Waals surface area contributed by atoms with Crippen LogP contribution < -0.4 is 0 Å². The molecule has 0 saturated heterocycles. The Kier molecular flexibility index (Phi) is 4.57. The Morgan fingerprint density at radius 3 is 1.80 bits per heavy atom. The molecule has 0 unspecified atom stereocenters. The van der Waals surface area contributed by atoms with Crippen LogP contribution in [0.25, 0.3) is 0 Å². The third-order valence-corrected chi connectivity index (χ3v) is 1.20. The van der Waals surface area contributed by atoms with Crippen molar-refractivity contribution in [2.75, 3.05) is 27.2 Å². The van der Waals surface area contributed by atoms with Gasteiger partial charge >= 0.3 is 0 Å². The van der Waals surface area contributed by atoms with E-state index in [1.165, 1.54) is 0 Å². The Hall–Kier alpha value is -0.840. The molecule has 0 aliphatic heterocycles. The van der Waals surface area contributed by atoms with E-state index in [-0.39, 0.29) is 0 Å². The highest BCUT2D eigenvalue weighted by Crippen LogP contribution is 1.81. The maximum atomic E-state index is 3.03. The maximum absolute atomic E-state index is 3.03. The van der Waals surface area contributed by atoms with Crippen molar-refractivity contribution in [2.24, 2.45) is 0 Å². The van der Waals surface area contributed by atoms with E-state index in [0.29, 0.717) is 0 Å². The minimum Gasteiger partial charge on any atom is -0.337 e. The standard InChI is InChI=1S/C8H16N2/c1-5-10(6-2)8-7-9(3)4/h5-6H2,1-4H3.